The molecule has 0 aliphatic rings. The maximum atomic E-state index is 13.1. The molecule has 0 saturated heterocycles. The van der Waals surface area contributed by atoms with E-state index in [2.05, 4.69) is 10.4 Å². The van der Waals surface area contributed by atoms with Crippen molar-refractivity contribution < 1.29 is 19.0 Å². The van der Waals surface area contributed by atoms with Crippen LogP contribution in [0.3, 0.4) is 0 Å². The van der Waals surface area contributed by atoms with Crippen LogP contribution >= 0.6 is 0 Å². The highest BCUT2D eigenvalue weighted by atomic mass is 16.5. The number of carbonyl (C=O) groups excluding carboxylic acids is 1. The number of amides is 1. The molecule has 0 bridgehead atoms. The van der Waals surface area contributed by atoms with E-state index in [-0.39, 0.29) is 23.3 Å². The zero-order chi connectivity index (χ0) is 25.1. The van der Waals surface area contributed by atoms with Gasteiger partial charge in [0, 0.05) is 11.6 Å². The number of nitrogen functional groups attached to an aromatic ring is 1. The number of aromatic nitrogens is 3. The summed E-state index contributed by atoms with van der Waals surface area (Å²) < 4.78 is 17.6. The normalized spacial score (nSPS) is 12.3. The Hall–Kier alpha value is -4.34. The molecular formula is C25H28N6O4. The summed E-state index contributed by atoms with van der Waals surface area (Å²) in [5.41, 5.74) is 9.43. The summed E-state index contributed by atoms with van der Waals surface area (Å²) in [6, 6.07) is 10.9. The topological polar surface area (TPSA) is 126 Å². The van der Waals surface area contributed by atoms with Gasteiger partial charge >= 0.3 is 0 Å². The Bertz CT molecular complexity index is 1400. The Morgan fingerprint density at radius 2 is 1.74 bits per heavy atom. The highest BCUT2D eigenvalue weighted by Crippen LogP contribution is 2.38. The van der Waals surface area contributed by atoms with Gasteiger partial charge in [0.2, 0.25) is 5.75 Å². The zero-order valence-electron chi connectivity index (χ0n) is 20.3. The smallest absolute Gasteiger partial charge is 0.257 e. The first-order valence-corrected chi connectivity index (χ1v) is 11.1. The number of carbonyl (C=O) groups is 1. The van der Waals surface area contributed by atoms with Gasteiger partial charge in [-0.3, -0.25) is 4.79 Å². The van der Waals surface area contributed by atoms with Crippen LogP contribution < -0.4 is 25.3 Å². The summed E-state index contributed by atoms with van der Waals surface area (Å²) in [5.74, 6) is 1.25. The standard InChI is InChI=1S/C25H28N6O4/c1-6-14(2)28-25(32)20-21-24(30-17-10-8-7-9-16(17)29-21)31(23(20)26)27-13-15-11-18(33-3)22(35-5)19(12-15)34-4/h7-14H,6,26H2,1-5H3,(H,28,32). The molecule has 3 N–H and O–H groups in total. The van der Waals surface area contributed by atoms with Crippen molar-refractivity contribution in [2.24, 2.45) is 5.10 Å². The number of nitrogens with one attached hydrogen (secondary N) is 1. The number of hydrogen-bond donors (Lipinski definition) is 2. The summed E-state index contributed by atoms with van der Waals surface area (Å²) in [6.07, 6.45) is 2.35. The molecule has 0 saturated carbocycles. The molecule has 1 amide bonds. The molecule has 10 heteroatoms. The number of fused-ring (bicyclic) bond motifs is 2. The second-order valence-electron chi connectivity index (χ2n) is 7.94. The molecule has 10 nitrogen and oxygen atoms in total. The van der Waals surface area contributed by atoms with Crippen molar-refractivity contribution in [3.8, 4) is 17.2 Å². The second kappa shape index (κ2) is 9.88. The molecule has 4 aromatic rings. The molecule has 0 spiro atoms. The lowest BCUT2D eigenvalue weighted by Gasteiger charge is -2.12. The minimum absolute atomic E-state index is 0.0311. The van der Waals surface area contributed by atoms with E-state index in [1.54, 1.807) is 32.6 Å². The first-order valence-electron chi connectivity index (χ1n) is 11.1. The van der Waals surface area contributed by atoms with Gasteiger partial charge in [0.05, 0.1) is 38.6 Å². The summed E-state index contributed by atoms with van der Waals surface area (Å²) in [6.45, 7) is 3.92. The predicted octanol–water partition coefficient (Wildman–Crippen LogP) is 3.60. The van der Waals surface area contributed by atoms with Gasteiger partial charge in [-0.25, -0.2) is 9.97 Å². The van der Waals surface area contributed by atoms with Gasteiger partial charge < -0.3 is 25.3 Å². The molecule has 0 aliphatic carbocycles. The van der Waals surface area contributed by atoms with Crippen LogP contribution in [0.4, 0.5) is 5.82 Å². The van der Waals surface area contributed by atoms with Gasteiger partial charge in [-0.2, -0.15) is 9.78 Å². The van der Waals surface area contributed by atoms with E-state index in [1.807, 2.05) is 38.1 Å². The Balaban J connectivity index is 1.89. The minimum atomic E-state index is -0.326. The first-order chi connectivity index (χ1) is 16.9. The average molecular weight is 477 g/mol. The van der Waals surface area contributed by atoms with Crippen LogP contribution in [0.25, 0.3) is 22.2 Å². The lowest BCUT2D eigenvalue weighted by molar-refractivity contribution is 0.0941. The number of anilines is 1. The highest BCUT2D eigenvalue weighted by Gasteiger charge is 2.25. The number of nitrogens with two attached hydrogens (primary N) is 1. The number of nitrogens with zero attached hydrogens (tertiary/aromatic N) is 4. The number of benzene rings is 2. The molecule has 4 rings (SSSR count). The van der Waals surface area contributed by atoms with Gasteiger partial charge in [0.15, 0.2) is 17.1 Å². The third kappa shape index (κ3) is 4.42. The lowest BCUT2D eigenvalue weighted by Crippen LogP contribution is -2.32. The molecule has 1 atom stereocenters. The predicted molar refractivity (Wildman–Crippen MR) is 136 cm³/mol. The maximum absolute atomic E-state index is 13.1. The minimum Gasteiger partial charge on any atom is -0.493 e. The van der Waals surface area contributed by atoms with E-state index >= 15 is 0 Å². The third-order valence-corrected chi connectivity index (χ3v) is 5.70. The summed E-state index contributed by atoms with van der Waals surface area (Å²) in [4.78, 5) is 22.5. The van der Waals surface area contributed by atoms with Gasteiger partial charge in [-0.05, 0) is 37.6 Å². The summed E-state index contributed by atoms with van der Waals surface area (Å²) in [5, 5.41) is 7.51. The monoisotopic (exact) mass is 476 g/mol. The summed E-state index contributed by atoms with van der Waals surface area (Å²) >= 11 is 0. The van der Waals surface area contributed by atoms with Gasteiger partial charge in [0.1, 0.15) is 16.9 Å². The quantitative estimate of drug-likeness (QED) is 0.372. The van der Waals surface area contributed by atoms with E-state index in [1.165, 1.54) is 11.8 Å². The molecule has 182 valence electrons. The first kappa shape index (κ1) is 23.8. The van der Waals surface area contributed by atoms with Gasteiger partial charge in [-0.15, -0.1) is 0 Å². The van der Waals surface area contributed by atoms with Crippen LogP contribution in [0.2, 0.25) is 0 Å². The Morgan fingerprint density at radius 1 is 1.11 bits per heavy atom. The number of ether oxygens (including phenoxy) is 3. The molecule has 0 fully saturated rings. The van der Waals surface area contributed by atoms with Crippen molar-refractivity contribution in [3.63, 3.8) is 0 Å². The van der Waals surface area contributed by atoms with Crippen LogP contribution in [0.15, 0.2) is 41.5 Å². The fourth-order valence-electron chi connectivity index (χ4n) is 3.69. The van der Waals surface area contributed by atoms with Gasteiger partial charge in [0.25, 0.3) is 5.91 Å². The maximum Gasteiger partial charge on any atom is 0.257 e. The van der Waals surface area contributed by atoms with Crippen LogP contribution in [-0.4, -0.2) is 54.1 Å². The third-order valence-electron chi connectivity index (χ3n) is 5.70. The molecule has 1 unspecified atom stereocenters. The zero-order valence-corrected chi connectivity index (χ0v) is 20.3. The Morgan fingerprint density at radius 3 is 2.31 bits per heavy atom. The van der Waals surface area contributed by atoms with Crippen molar-refractivity contribution in [1.82, 2.24) is 20.0 Å². The number of hydrogen-bond acceptors (Lipinski definition) is 8. The number of methoxy groups -OCH3 is 3. The average Bonchev–Trinajstić information content (AvgIpc) is 3.14. The van der Waals surface area contributed by atoms with Gasteiger partial charge in [-0.1, -0.05) is 19.1 Å². The van der Waals surface area contributed by atoms with E-state index in [0.29, 0.717) is 45.0 Å². The molecule has 0 aliphatic heterocycles. The van der Waals surface area contributed by atoms with E-state index in [9.17, 15) is 4.79 Å². The van der Waals surface area contributed by atoms with Crippen molar-refractivity contribution in [2.45, 2.75) is 26.3 Å². The lowest BCUT2D eigenvalue weighted by atomic mass is 10.2. The van der Waals surface area contributed by atoms with Crippen LogP contribution in [0, 0.1) is 0 Å². The molecule has 35 heavy (non-hydrogen) atoms. The van der Waals surface area contributed by atoms with E-state index in [4.69, 9.17) is 29.9 Å². The van der Waals surface area contributed by atoms with Crippen molar-refractivity contribution in [2.75, 3.05) is 27.1 Å². The molecular weight excluding hydrogens is 448 g/mol. The van der Waals surface area contributed by atoms with Crippen molar-refractivity contribution >= 4 is 40.1 Å². The number of para-hydroxylation sites is 2. The van der Waals surface area contributed by atoms with Crippen molar-refractivity contribution in [3.05, 3.63) is 47.5 Å². The molecule has 2 aromatic carbocycles. The van der Waals surface area contributed by atoms with E-state index in [0.717, 1.165) is 6.42 Å². The largest absolute Gasteiger partial charge is 0.493 e. The summed E-state index contributed by atoms with van der Waals surface area (Å²) in [7, 11) is 4.62. The fraction of sp³-hybridized carbons (Fsp3) is 0.280. The Kier molecular flexibility index (Phi) is 6.72. The van der Waals surface area contributed by atoms with Crippen LogP contribution in [0.1, 0.15) is 36.2 Å². The van der Waals surface area contributed by atoms with Crippen molar-refractivity contribution in [1.29, 1.82) is 0 Å². The number of rotatable bonds is 8. The molecule has 0 radical (unpaired) electrons. The fourth-order valence-corrected chi connectivity index (χ4v) is 3.69. The SMILES string of the molecule is CCC(C)NC(=O)c1c(N)n(N=Cc2cc(OC)c(OC)c(OC)c2)c2nc3ccccc3nc12. The van der Waals surface area contributed by atoms with Crippen LogP contribution in [-0.2, 0) is 0 Å². The molecule has 2 heterocycles. The van der Waals surface area contributed by atoms with E-state index < -0.39 is 0 Å². The van der Waals surface area contributed by atoms with Crippen LogP contribution in [0.5, 0.6) is 17.2 Å². The second-order valence-corrected chi connectivity index (χ2v) is 7.94. The molecule has 2 aromatic heterocycles. The Labute approximate surface area is 202 Å². The highest BCUT2D eigenvalue weighted by molar-refractivity contribution is 6.10.